The van der Waals surface area contributed by atoms with Crippen molar-refractivity contribution >= 4 is 0 Å². The maximum Gasteiger partial charge on any atom is 0.436 e. The summed E-state index contributed by atoms with van der Waals surface area (Å²) in [6.45, 7) is 0. The predicted molar refractivity (Wildman–Crippen MR) is 58.8 cm³/mol. The molecule has 5 heteroatoms. The van der Waals surface area contributed by atoms with E-state index in [0.29, 0.717) is 6.42 Å². The van der Waals surface area contributed by atoms with Gasteiger partial charge in [-0.1, -0.05) is 30.3 Å². The van der Waals surface area contributed by atoms with E-state index in [1.54, 1.807) is 0 Å². The van der Waals surface area contributed by atoms with Crippen molar-refractivity contribution in [1.29, 1.82) is 0 Å². The number of nitrogens with two attached hydrogens (primary N) is 1. The SMILES string of the molecule is Cn1nc(C(N)Cc2ccccc2)oc1=O. The minimum Gasteiger partial charge on any atom is -0.391 e. The largest absolute Gasteiger partial charge is 0.436 e. The summed E-state index contributed by atoms with van der Waals surface area (Å²) in [4.78, 5) is 11.1. The molecule has 0 spiro atoms. The number of hydrogen-bond acceptors (Lipinski definition) is 4. The van der Waals surface area contributed by atoms with Crippen molar-refractivity contribution in [2.24, 2.45) is 12.8 Å². The van der Waals surface area contributed by atoms with Gasteiger partial charge in [0.15, 0.2) is 0 Å². The van der Waals surface area contributed by atoms with E-state index in [4.69, 9.17) is 10.2 Å². The quantitative estimate of drug-likeness (QED) is 0.821. The van der Waals surface area contributed by atoms with Crippen molar-refractivity contribution in [2.75, 3.05) is 0 Å². The predicted octanol–water partition coefficient (Wildman–Crippen LogP) is 0.616. The Kier molecular flexibility index (Phi) is 2.87. The fraction of sp³-hybridized carbons (Fsp3) is 0.273. The van der Waals surface area contributed by atoms with E-state index in [0.717, 1.165) is 10.2 Å². The zero-order chi connectivity index (χ0) is 11.5. The Bertz CT molecular complexity index is 516. The summed E-state index contributed by atoms with van der Waals surface area (Å²) >= 11 is 0. The second kappa shape index (κ2) is 4.32. The van der Waals surface area contributed by atoms with Crippen LogP contribution in [0.4, 0.5) is 0 Å². The third kappa shape index (κ3) is 2.20. The average molecular weight is 219 g/mol. The minimum atomic E-state index is -0.487. The van der Waals surface area contributed by atoms with Crippen LogP contribution in [0.2, 0.25) is 0 Å². The molecular weight excluding hydrogens is 206 g/mol. The van der Waals surface area contributed by atoms with E-state index in [2.05, 4.69) is 5.10 Å². The average Bonchev–Trinajstić information content (AvgIpc) is 2.61. The summed E-state index contributed by atoms with van der Waals surface area (Å²) in [5.74, 6) is -0.213. The number of aryl methyl sites for hydroxylation is 1. The van der Waals surface area contributed by atoms with Gasteiger partial charge in [-0.3, -0.25) is 0 Å². The van der Waals surface area contributed by atoms with E-state index >= 15 is 0 Å². The molecule has 0 bridgehead atoms. The third-order valence-electron chi connectivity index (χ3n) is 2.32. The second-order valence-corrected chi connectivity index (χ2v) is 3.63. The lowest BCUT2D eigenvalue weighted by Gasteiger charge is -2.06. The van der Waals surface area contributed by atoms with Crippen molar-refractivity contribution in [1.82, 2.24) is 9.78 Å². The number of nitrogens with zero attached hydrogens (tertiary/aromatic N) is 2. The van der Waals surface area contributed by atoms with Crippen LogP contribution in [0.1, 0.15) is 17.5 Å². The van der Waals surface area contributed by atoms with Gasteiger partial charge in [-0.2, -0.15) is 4.68 Å². The monoisotopic (exact) mass is 219 g/mol. The molecule has 16 heavy (non-hydrogen) atoms. The maximum absolute atomic E-state index is 11.1. The molecule has 1 unspecified atom stereocenters. The van der Waals surface area contributed by atoms with Crippen LogP contribution in [-0.4, -0.2) is 9.78 Å². The number of rotatable bonds is 3. The topological polar surface area (TPSA) is 74.1 Å². The van der Waals surface area contributed by atoms with E-state index in [-0.39, 0.29) is 5.89 Å². The van der Waals surface area contributed by atoms with Crippen molar-refractivity contribution < 1.29 is 4.42 Å². The molecule has 0 radical (unpaired) electrons. The Labute approximate surface area is 92.5 Å². The first-order valence-electron chi connectivity index (χ1n) is 5.00. The second-order valence-electron chi connectivity index (χ2n) is 3.63. The molecule has 1 heterocycles. The molecule has 0 aliphatic heterocycles. The van der Waals surface area contributed by atoms with Gasteiger partial charge in [-0.05, 0) is 12.0 Å². The molecular formula is C11H13N3O2. The molecule has 2 N–H and O–H groups in total. The van der Waals surface area contributed by atoms with Crippen LogP contribution in [0.5, 0.6) is 0 Å². The van der Waals surface area contributed by atoms with Gasteiger partial charge in [-0.25, -0.2) is 4.79 Å². The van der Waals surface area contributed by atoms with Gasteiger partial charge >= 0.3 is 5.76 Å². The molecule has 1 atom stereocenters. The lowest BCUT2D eigenvalue weighted by molar-refractivity contribution is 0.420. The molecule has 0 aliphatic carbocycles. The van der Waals surface area contributed by atoms with Gasteiger partial charge in [0.1, 0.15) is 0 Å². The lowest BCUT2D eigenvalue weighted by Crippen LogP contribution is -2.14. The van der Waals surface area contributed by atoms with E-state index < -0.39 is 11.8 Å². The first-order valence-corrected chi connectivity index (χ1v) is 5.00. The summed E-state index contributed by atoms with van der Waals surface area (Å²) in [5.41, 5.74) is 6.99. The molecule has 1 aromatic heterocycles. The summed E-state index contributed by atoms with van der Waals surface area (Å²) in [5, 5.41) is 3.92. The van der Waals surface area contributed by atoms with Crippen LogP contribution in [0.15, 0.2) is 39.5 Å². The fourth-order valence-corrected chi connectivity index (χ4v) is 1.47. The summed E-state index contributed by atoms with van der Waals surface area (Å²) in [6.07, 6.45) is 0.598. The van der Waals surface area contributed by atoms with Crippen LogP contribution in [0.25, 0.3) is 0 Å². The number of benzene rings is 1. The Hall–Kier alpha value is -1.88. The minimum absolute atomic E-state index is 0.274. The smallest absolute Gasteiger partial charge is 0.391 e. The molecule has 5 nitrogen and oxygen atoms in total. The highest BCUT2D eigenvalue weighted by atomic mass is 16.4. The van der Waals surface area contributed by atoms with Crippen LogP contribution in [-0.2, 0) is 13.5 Å². The highest BCUT2D eigenvalue weighted by Gasteiger charge is 2.14. The molecule has 0 saturated carbocycles. The summed E-state index contributed by atoms with van der Waals surface area (Å²) < 4.78 is 6.06. The standard InChI is InChI=1S/C11H13N3O2/c1-14-11(15)16-10(13-14)9(12)7-8-5-3-2-4-6-8/h2-6,9H,7,12H2,1H3. The Morgan fingerprint density at radius 3 is 2.69 bits per heavy atom. The summed E-state index contributed by atoms with van der Waals surface area (Å²) in [6, 6.07) is 9.38. The van der Waals surface area contributed by atoms with Gasteiger partial charge in [0.25, 0.3) is 0 Å². The van der Waals surface area contributed by atoms with Crippen molar-refractivity contribution in [3.8, 4) is 0 Å². The Balaban J connectivity index is 2.14. The number of aromatic nitrogens is 2. The molecule has 1 aromatic carbocycles. The van der Waals surface area contributed by atoms with Crippen molar-refractivity contribution in [3.05, 3.63) is 52.3 Å². The van der Waals surface area contributed by atoms with Gasteiger partial charge in [0.05, 0.1) is 6.04 Å². The first-order chi connectivity index (χ1) is 7.66. The fourth-order valence-electron chi connectivity index (χ4n) is 1.47. The van der Waals surface area contributed by atoms with Crippen LogP contribution in [0, 0.1) is 0 Å². The lowest BCUT2D eigenvalue weighted by atomic mass is 10.1. The third-order valence-corrected chi connectivity index (χ3v) is 2.32. The molecule has 0 fully saturated rings. The van der Waals surface area contributed by atoms with Gasteiger partial charge in [0, 0.05) is 7.05 Å². The van der Waals surface area contributed by atoms with Crippen LogP contribution in [0.3, 0.4) is 0 Å². The normalized spacial score (nSPS) is 12.6. The first kappa shape index (κ1) is 10.6. The van der Waals surface area contributed by atoms with Gasteiger partial charge < -0.3 is 10.2 Å². The van der Waals surface area contributed by atoms with E-state index in [9.17, 15) is 4.79 Å². The molecule has 2 rings (SSSR count). The number of hydrogen-bond donors (Lipinski definition) is 1. The van der Waals surface area contributed by atoms with Gasteiger partial charge in [-0.15, -0.1) is 5.10 Å². The van der Waals surface area contributed by atoms with Crippen LogP contribution < -0.4 is 11.5 Å². The molecule has 0 saturated heterocycles. The highest BCUT2D eigenvalue weighted by molar-refractivity contribution is 5.16. The molecule has 0 amide bonds. The Morgan fingerprint density at radius 1 is 1.44 bits per heavy atom. The van der Waals surface area contributed by atoms with E-state index in [1.807, 2.05) is 30.3 Å². The molecule has 0 aliphatic rings. The molecule has 84 valence electrons. The zero-order valence-electron chi connectivity index (χ0n) is 8.96. The van der Waals surface area contributed by atoms with E-state index in [1.165, 1.54) is 7.05 Å². The van der Waals surface area contributed by atoms with Crippen molar-refractivity contribution in [2.45, 2.75) is 12.5 Å². The highest BCUT2D eigenvalue weighted by Crippen LogP contribution is 2.12. The van der Waals surface area contributed by atoms with Crippen molar-refractivity contribution in [3.63, 3.8) is 0 Å². The maximum atomic E-state index is 11.1. The zero-order valence-corrected chi connectivity index (χ0v) is 8.96. The molecule has 2 aromatic rings. The van der Waals surface area contributed by atoms with Gasteiger partial charge in [0.2, 0.25) is 5.89 Å². The summed E-state index contributed by atoms with van der Waals surface area (Å²) in [7, 11) is 1.53. The Morgan fingerprint density at radius 2 is 2.12 bits per heavy atom. The van der Waals surface area contributed by atoms with Crippen LogP contribution >= 0.6 is 0 Å².